The van der Waals surface area contributed by atoms with E-state index in [2.05, 4.69) is 10.6 Å². The normalized spacial score (nSPS) is 11.5. The van der Waals surface area contributed by atoms with E-state index in [9.17, 15) is 14.4 Å². The van der Waals surface area contributed by atoms with Gasteiger partial charge in [0.1, 0.15) is 6.54 Å². The van der Waals surface area contributed by atoms with E-state index in [1.165, 1.54) is 4.90 Å². The monoisotopic (exact) mass is 273 g/mol. The SMILES string of the molecule is CCNC(=O)CN(CC)C(=O)NC(C)CCC(=O)O. The number of nitrogens with zero attached hydrogens (tertiary/aromatic N) is 1. The molecule has 0 bridgehead atoms. The summed E-state index contributed by atoms with van der Waals surface area (Å²) in [6.07, 6.45) is 0.365. The maximum absolute atomic E-state index is 11.9. The van der Waals surface area contributed by atoms with E-state index in [1.807, 2.05) is 6.92 Å². The van der Waals surface area contributed by atoms with E-state index < -0.39 is 5.97 Å². The van der Waals surface area contributed by atoms with Crippen LogP contribution in [-0.2, 0) is 9.59 Å². The van der Waals surface area contributed by atoms with Crippen LogP contribution in [0.5, 0.6) is 0 Å². The zero-order valence-electron chi connectivity index (χ0n) is 11.7. The molecule has 3 amide bonds. The molecule has 0 heterocycles. The molecular weight excluding hydrogens is 250 g/mol. The third-order valence-electron chi connectivity index (χ3n) is 2.54. The first-order chi connectivity index (χ1) is 8.90. The van der Waals surface area contributed by atoms with E-state index in [0.717, 1.165) is 0 Å². The van der Waals surface area contributed by atoms with Crippen molar-refractivity contribution >= 4 is 17.9 Å². The third-order valence-corrected chi connectivity index (χ3v) is 2.54. The van der Waals surface area contributed by atoms with E-state index in [0.29, 0.717) is 19.5 Å². The lowest BCUT2D eigenvalue weighted by molar-refractivity contribution is -0.137. The largest absolute Gasteiger partial charge is 0.481 e. The molecule has 1 unspecified atom stereocenters. The van der Waals surface area contributed by atoms with Crippen molar-refractivity contribution in [3.8, 4) is 0 Å². The van der Waals surface area contributed by atoms with Crippen LogP contribution in [-0.4, -0.2) is 53.6 Å². The summed E-state index contributed by atoms with van der Waals surface area (Å²) >= 11 is 0. The number of rotatable bonds is 8. The molecule has 110 valence electrons. The average molecular weight is 273 g/mol. The average Bonchev–Trinajstić information content (AvgIpc) is 2.33. The molecule has 0 aliphatic heterocycles. The molecule has 0 saturated heterocycles. The molecule has 0 aliphatic carbocycles. The molecule has 0 radical (unpaired) electrons. The second kappa shape index (κ2) is 9.18. The van der Waals surface area contributed by atoms with Gasteiger partial charge in [0.15, 0.2) is 0 Å². The van der Waals surface area contributed by atoms with E-state index in [1.54, 1.807) is 13.8 Å². The van der Waals surface area contributed by atoms with Crippen LogP contribution in [0.15, 0.2) is 0 Å². The number of carboxylic acid groups (broad SMARTS) is 1. The molecule has 0 aromatic carbocycles. The zero-order chi connectivity index (χ0) is 14.8. The fourth-order valence-electron chi connectivity index (χ4n) is 1.47. The molecular formula is C12H23N3O4. The van der Waals surface area contributed by atoms with Gasteiger partial charge in [0.25, 0.3) is 0 Å². The standard InChI is InChI=1S/C12H23N3O4/c1-4-13-10(16)8-15(5-2)12(19)14-9(3)6-7-11(17)18/h9H,4-8H2,1-3H3,(H,13,16)(H,14,19)(H,17,18). The number of hydrogen-bond acceptors (Lipinski definition) is 3. The molecule has 1 atom stereocenters. The van der Waals surface area contributed by atoms with Crippen molar-refractivity contribution in [2.75, 3.05) is 19.6 Å². The van der Waals surface area contributed by atoms with Crippen LogP contribution in [0, 0.1) is 0 Å². The number of hydrogen-bond donors (Lipinski definition) is 3. The number of carbonyl (C=O) groups is 3. The first-order valence-corrected chi connectivity index (χ1v) is 6.44. The Hall–Kier alpha value is -1.79. The van der Waals surface area contributed by atoms with Gasteiger partial charge in [0, 0.05) is 25.6 Å². The Balaban J connectivity index is 4.19. The molecule has 0 fully saturated rings. The van der Waals surface area contributed by atoms with Crippen molar-refractivity contribution in [1.82, 2.24) is 15.5 Å². The highest BCUT2D eigenvalue weighted by Crippen LogP contribution is 1.98. The molecule has 0 rings (SSSR count). The van der Waals surface area contributed by atoms with Gasteiger partial charge in [-0.25, -0.2) is 4.79 Å². The van der Waals surface area contributed by atoms with Crippen molar-refractivity contribution in [3.63, 3.8) is 0 Å². The smallest absolute Gasteiger partial charge is 0.318 e. The third kappa shape index (κ3) is 8.01. The summed E-state index contributed by atoms with van der Waals surface area (Å²) in [6, 6.07) is -0.599. The molecule has 7 heteroatoms. The predicted molar refractivity (Wildman–Crippen MR) is 70.8 cm³/mol. The molecule has 19 heavy (non-hydrogen) atoms. The lowest BCUT2D eigenvalue weighted by Crippen LogP contribution is -2.47. The minimum atomic E-state index is -0.893. The maximum atomic E-state index is 11.9. The van der Waals surface area contributed by atoms with Crippen LogP contribution < -0.4 is 10.6 Å². The zero-order valence-corrected chi connectivity index (χ0v) is 11.7. The van der Waals surface area contributed by atoms with Crippen molar-refractivity contribution in [3.05, 3.63) is 0 Å². The lowest BCUT2D eigenvalue weighted by atomic mass is 10.2. The van der Waals surface area contributed by atoms with E-state index >= 15 is 0 Å². The highest BCUT2D eigenvalue weighted by Gasteiger charge is 2.17. The Bertz CT molecular complexity index is 320. The summed E-state index contributed by atoms with van der Waals surface area (Å²) in [5.41, 5.74) is 0. The number of nitrogens with one attached hydrogen (secondary N) is 2. The molecule has 0 saturated carbocycles. The fourth-order valence-corrected chi connectivity index (χ4v) is 1.47. The number of amides is 3. The molecule has 3 N–H and O–H groups in total. The number of carbonyl (C=O) groups excluding carboxylic acids is 2. The van der Waals surface area contributed by atoms with Crippen LogP contribution in [0.25, 0.3) is 0 Å². The van der Waals surface area contributed by atoms with Gasteiger partial charge in [-0.3, -0.25) is 9.59 Å². The summed E-state index contributed by atoms with van der Waals surface area (Å²) in [5, 5.41) is 13.9. The second-order valence-electron chi connectivity index (χ2n) is 4.25. The summed E-state index contributed by atoms with van der Waals surface area (Å²) in [6.45, 7) is 6.26. The van der Waals surface area contributed by atoms with Gasteiger partial charge in [-0.15, -0.1) is 0 Å². The second-order valence-corrected chi connectivity index (χ2v) is 4.25. The van der Waals surface area contributed by atoms with Gasteiger partial charge in [-0.05, 0) is 27.2 Å². The van der Waals surface area contributed by atoms with Crippen LogP contribution in [0.1, 0.15) is 33.6 Å². The minimum absolute atomic E-state index is 0.00181. The van der Waals surface area contributed by atoms with Crippen molar-refractivity contribution in [2.24, 2.45) is 0 Å². The molecule has 0 aromatic heterocycles. The van der Waals surface area contributed by atoms with Gasteiger partial charge in [-0.2, -0.15) is 0 Å². The highest BCUT2D eigenvalue weighted by molar-refractivity contribution is 5.84. The topological polar surface area (TPSA) is 98.7 Å². The summed E-state index contributed by atoms with van der Waals surface area (Å²) in [7, 11) is 0. The van der Waals surface area contributed by atoms with E-state index in [4.69, 9.17) is 5.11 Å². The predicted octanol–water partition coefficient (Wildman–Crippen LogP) is 0.407. The first kappa shape index (κ1) is 17.2. The fraction of sp³-hybridized carbons (Fsp3) is 0.750. The Kier molecular flexibility index (Phi) is 8.32. The minimum Gasteiger partial charge on any atom is -0.481 e. The molecule has 0 aliphatic rings. The van der Waals surface area contributed by atoms with Crippen LogP contribution in [0.4, 0.5) is 4.79 Å². The Morgan fingerprint density at radius 2 is 1.89 bits per heavy atom. The summed E-state index contributed by atoms with van der Waals surface area (Å²) in [4.78, 5) is 35.1. The van der Waals surface area contributed by atoms with Crippen molar-refractivity contribution in [2.45, 2.75) is 39.7 Å². The maximum Gasteiger partial charge on any atom is 0.318 e. The molecule has 0 aromatic rings. The van der Waals surface area contributed by atoms with Crippen molar-refractivity contribution in [1.29, 1.82) is 0 Å². The Morgan fingerprint density at radius 3 is 2.37 bits per heavy atom. The van der Waals surface area contributed by atoms with Crippen molar-refractivity contribution < 1.29 is 19.5 Å². The van der Waals surface area contributed by atoms with Crippen LogP contribution in [0.3, 0.4) is 0 Å². The van der Waals surface area contributed by atoms with Gasteiger partial charge in [0.2, 0.25) is 5.91 Å². The van der Waals surface area contributed by atoms with Crippen LogP contribution >= 0.6 is 0 Å². The summed E-state index contributed by atoms with van der Waals surface area (Å²) in [5.74, 6) is -1.10. The van der Waals surface area contributed by atoms with E-state index in [-0.39, 0.29) is 30.9 Å². The first-order valence-electron chi connectivity index (χ1n) is 6.44. The lowest BCUT2D eigenvalue weighted by Gasteiger charge is -2.23. The molecule has 7 nitrogen and oxygen atoms in total. The quantitative estimate of drug-likeness (QED) is 0.596. The molecule has 0 spiro atoms. The Morgan fingerprint density at radius 1 is 1.26 bits per heavy atom. The van der Waals surface area contributed by atoms with Gasteiger partial charge < -0.3 is 20.6 Å². The number of aliphatic carboxylic acids is 1. The Labute approximate surface area is 113 Å². The van der Waals surface area contributed by atoms with Gasteiger partial charge in [0.05, 0.1) is 0 Å². The number of carboxylic acids is 1. The van der Waals surface area contributed by atoms with Gasteiger partial charge >= 0.3 is 12.0 Å². The highest BCUT2D eigenvalue weighted by atomic mass is 16.4. The number of urea groups is 1. The van der Waals surface area contributed by atoms with Gasteiger partial charge in [-0.1, -0.05) is 0 Å². The number of likely N-dealkylation sites (N-methyl/N-ethyl adjacent to an activating group) is 2. The summed E-state index contributed by atoms with van der Waals surface area (Å²) < 4.78 is 0. The van der Waals surface area contributed by atoms with Crippen LogP contribution in [0.2, 0.25) is 0 Å².